The molecule has 3 atom stereocenters. The molecular weight excluding hydrogens is 402 g/mol. The van der Waals surface area contributed by atoms with Gasteiger partial charge < -0.3 is 28.2 Å². The Morgan fingerprint density at radius 1 is 1.19 bits per heavy atom. The Hall–Kier alpha value is -2.42. The number of rotatable bonds is 7. The van der Waals surface area contributed by atoms with Gasteiger partial charge in [0.25, 0.3) is 0 Å². The second kappa shape index (κ2) is 10.3. The molecule has 0 radical (unpaired) electrons. The maximum atomic E-state index is 11.8. The monoisotopic (exact) mass is 431 g/mol. The van der Waals surface area contributed by atoms with Crippen LogP contribution in [0.1, 0.15) is 36.9 Å². The molecule has 1 aromatic heterocycles. The van der Waals surface area contributed by atoms with E-state index in [9.17, 15) is 4.79 Å². The predicted octanol–water partition coefficient (Wildman–Crippen LogP) is 3.65. The van der Waals surface area contributed by atoms with Crippen molar-refractivity contribution in [3.8, 4) is 17.1 Å². The van der Waals surface area contributed by atoms with Crippen LogP contribution in [0.4, 0.5) is 0 Å². The van der Waals surface area contributed by atoms with Crippen molar-refractivity contribution in [2.75, 3.05) is 26.9 Å². The van der Waals surface area contributed by atoms with Gasteiger partial charge in [-0.2, -0.15) is 0 Å². The van der Waals surface area contributed by atoms with E-state index in [2.05, 4.69) is 5.16 Å². The molecule has 1 aromatic carbocycles. The third-order valence-electron chi connectivity index (χ3n) is 5.66. The Bertz CT molecular complexity index is 857. The van der Waals surface area contributed by atoms with Crippen molar-refractivity contribution in [3.63, 3.8) is 0 Å². The van der Waals surface area contributed by atoms with Gasteiger partial charge in [0.2, 0.25) is 0 Å². The Balaban J connectivity index is 1.38. The lowest BCUT2D eigenvalue weighted by atomic mass is 10.0. The zero-order chi connectivity index (χ0) is 21.6. The number of aryl methyl sites for hydroxylation is 1. The maximum Gasteiger partial charge on any atom is 0.311 e. The number of hydrogen-bond donors (Lipinski definition) is 0. The Morgan fingerprint density at radius 3 is 2.77 bits per heavy atom. The number of aromatic nitrogens is 1. The summed E-state index contributed by atoms with van der Waals surface area (Å²) in [5, 5.41) is 4.12. The fourth-order valence-electron chi connectivity index (χ4n) is 3.89. The van der Waals surface area contributed by atoms with E-state index >= 15 is 0 Å². The van der Waals surface area contributed by atoms with Gasteiger partial charge in [0.15, 0.2) is 12.1 Å². The SMILES string of the molecule is COC(=O)[C@H]1COC[C@H](Oc2ccc(-c3onc(C)c3COC3CCCCO3)cc2)C1. The van der Waals surface area contributed by atoms with Crippen LogP contribution in [0.3, 0.4) is 0 Å². The van der Waals surface area contributed by atoms with Crippen LogP contribution >= 0.6 is 0 Å². The number of ether oxygens (including phenoxy) is 5. The first-order chi connectivity index (χ1) is 15.1. The van der Waals surface area contributed by atoms with Crippen LogP contribution in [0.25, 0.3) is 11.3 Å². The molecule has 8 nitrogen and oxygen atoms in total. The third kappa shape index (κ3) is 5.44. The molecule has 0 spiro atoms. The lowest BCUT2D eigenvalue weighted by Gasteiger charge is -2.28. The molecule has 2 aliphatic heterocycles. The van der Waals surface area contributed by atoms with Crippen molar-refractivity contribution >= 4 is 5.97 Å². The van der Waals surface area contributed by atoms with Crippen LogP contribution in [0.15, 0.2) is 28.8 Å². The largest absolute Gasteiger partial charge is 0.488 e. The molecular formula is C23H29NO7. The summed E-state index contributed by atoms with van der Waals surface area (Å²) < 4.78 is 33.5. The Labute approximate surface area is 181 Å². The first-order valence-electron chi connectivity index (χ1n) is 10.7. The summed E-state index contributed by atoms with van der Waals surface area (Å²) in [7, 11) is 1.39. The molecule has 3 heterocycles. The van der Waals surface area contributed by atoms with Crippen molar-refractivity contribution in [2.24, 2.45) is 5.92 Å². The molecule has 2 aromatic rings. The molecule has 8 heteroatoms. The van der Waals surface area contributed by atoms with Gasteiger partial charge in [-0.1, -0.05) is 5.16 Å². The fourth-order valence-corrected chi connectivity index (χ4v) is 3.89. The minimum absolute atomic E-state index is 0.168. The van der Waals surface area contributed by atoms with E-state index in [1.165, 1.54) is 7.11 Å². The van der Waals surface area contributed by atoms with Crippen molar-refractivity contribution in [3.05, 3.63) is 35.5 Å². The number of esters is 1. The second-order valence-electron chi connectivity index (χ2n) is 7.94. The highest BCUT2D eigenvalue weighted by atomic mass is 16.7. The van der Waals surface area contributed by atoms with E-state index in [0.29, 0.717) is 37.8 Å². The van der Waals surface area contributed by atoms with E-state index in [-0.39, 0.29) is 24.3 Å². The number of methoxy groups -OCH3 is 1. The molecule has 1 unspecified atom stereocenters. The molecule has 31 heavy (non-hydrogen) atoms. The highest BCUT2D eigenvalue weighted by Crippen LogP contribution is 2.30. The Kier molecular flexibility index (Phi) is 7.21. The second-order valence-corrected chi connectivity index (χ2v) is 7.94. The first kappa shape index (κ1) is 21.8. The molecule has 0 N–H and O–H groups in total. The number of benzene rings is 1. The molecule has 2 aliphatic rings. The minimum atomic E-state index is -0.295. The zero-order valence-electron chi connectivity index (χ0n) is 18.0. The minimum Gasteiger partial charge on any atom is -0.488 e. The fraction of sp³-hybridized carbons (Fsp3) is 0.565. The van der Waals surface area contributed by atoms with E-state index < -0.39 is 0 Å². The topological polar surface area (TPSA) is 89.3 Å². The van der Waals surface area contributed by atoms with Gasteiger partial charge in [0, 0.05) is 24.2 Å². The summed E-state index contributed by atoms with van der Waals surface area (Å²) in [5.41, 5.74) is 2.62. The molecule has 168 valence electrons. The van der Waals surface area contributed by atoms with E-state index in [1.807, 2.05) is 31.2 Å². The summed E-state index contributed by atoms with van der Waals surface area (Å²) in [6.07, 6.45) is 3.32. The maximum absolute atomic E-state index is 11.8. The van der Waals surface area contributed by atoms with Crippen LogP contribution in [-0.2, 0) is 30.3 Å². The van der Waals surface area contributed by atoms with E-state index in [4.69, 9.17) is 28.2 Å². The average molecular weight is 431 g/mol. The summed E-state index contributed by atoms with van der Waals surface area (Å²) >= 11 is 0. The lowest BCUT2D eigenvalue weighted by Crippen LogP contribution is -2.37. The quantitative estimate of drug-likeness (QED) is 0.614. The van der Waals surface area contributed by atoms with Crippen molar-refractivity contribution in [1.29, 1.82) is 0 Å². The third-order valence-corrected chi connectivity index (χ3v) is 5.66. The smallest absolute Gasteiger partial charge is 0.311 e. The first-order valence-corrected chi connectivity index (χ1v) is 10.7. The Morgan fingerprint density at radius 2 is 2.03 bits per heavy atom. The summed E-state index contributed by atoms with van der Waals surface area (Å²) in [6.45, 7) is 3.86. The van der Waals surface area contributed by atoms with Gasteiger partial charge in [0.05, 0.1) is 38.5 Å². The molecule has 2 saturated heterocycles. The summed E-state index contributed by atoms with van der Waals surface area (Å²) in [5.74, 6) is 0.827. The standard InChI is InChI=1S/C23H29NO7/c1-15-20(14-29-21-5-3-4-10-28-21)22(31-24-15)16-6-8-18(9-7-16)30-19-11-17(12-27-13-19)23(25)26-2/h6-9,17,19,21H,3-5,10-14H2,1-2H3/t17-,19-,21?/m1/s1. The summed E-state index contributed by atoms with van der Waals surface area (Å²) in [4.78, 5) is 11.8. The van der Waals surface area contributed by atoms with Gasteiger partial charge in [-0.25, -0.2) is 0 Å². The predicted molar refractivity (Wildman–Crippen MR) is 110 cm³/mol. The van der Waals surface area contributed by atoms with E-state index in [0.717, 1.165) is 42.7 Å². The number of nitrogens with zero attached hydrogens (tertiary/aromatic N) is 1. The molecule has 0 bridgehead atoms. The van der Waals surface area contributed by atoms with Crippen LogP contribution < -0.4 is 4.74 Å². The van der Waals surface area contributed by atoms with Gasteiger partial charge in [-0.05, 0) is 50.5 Å². The van der Waals surface area contributed by atoms with Crippen LogP contribution in [0.2, 0.25) is 0 Å². The zero-order valence-corrected chi connectivity index (χ0v) is 18.0. The van der Waals surface area contributed by atoms with Crippen molar-refractivity contribution in [1.82, 2.24) is 5.16 Å². The molecule has 0 amide bonds. The summed E-state index contributed by atoms with van der Waals surface area (Å²) in [6, 6.07) is 7.61. The van der Waals surface area contributed by atoms with Gasteiger partial charge in [-0.3, -0.25) is 4.79 Å². The molecule has 4 rings (SSSR count). The number of carbonyl (C=O) groups is 1. The highest BCUT2D eigenvalue weighted by molar-refractivity contribution is 5.72. The van der Waals surface area contributed by atoms with Crippen molar-refractivity contribution < 1.29 is 33.0 Å². The normalized spacial score (nSPS) is 24.0. The van der Waals surface area contributed by atoms with Gasteiger partial charge in [0.1, 0.15) is 11.9 Å². The van der Waals surface area contributed by atoms with Gasteiger partial charge in [-0.15, -0.1) is 0 Å². The lowest BCUT2D eigenvalue weighted by molar-refractivity contribution is -0.168. The number of hydrogen-bond acceptors (Lipinski definition) is 8. The molecule has 0 aliphatic carbocycles. The van der Waals surface area contributed by atoms with Crippen LogP contribution in [-0.4, -0.2) is 50.5 Å². The van der Waals surface area contributed by atoms with Crippen LogP contribution in [0, 0.1) is 12.8 Å². The van der Waals surface area contributed by atoms with Crippen molar-refractivity contribution in [2.45, 2.75) is 51.6 Å². The highest BCUT2D eigenvalue weighted by Gasteiger charge is 2.30. The van der Waals surface area contributed by atoms with Gasteiger partial charge >= 0.3 is 5.97 Å². The van der Waals surface area contributed by atoms with Crippen LogP contribution in [0.5, 0.6) is 5.75 Å². The number of carbonyl (C=O) groups excluding carboxylic acids is 1. The van der Waals surface area contributed by atoms with E-state index in [1.54, 1.807) is 0 Å². The average Bonchev–Trinajstić information content (AvgIpc) is 3.18. The molecule has 0 saturated carbocycles. The molecule has 2 fully saturated rings.